The summed E-state index contributed by atoms with van der Waals surface area (Å²) in [6.07, 6.45) is -0.0909. The first-order valence-electron chi connectivity index (χ1n) is 4.49. The Morgan fingerprint density at radius 2 is 1.92 bits per heavy atom. The molecule has 0 aliphatic heterocycles. The number of hydrogen-bond donors (Lipinski definition) is 2. The van der Waals surface area contributed by atoms with Gasteiger partial charge in [0.15, 0.2) is 9.84 Å². The minimum absolute atomic E-state index is 0.000262. The first kappa shape index (κ1) is 12.9. The van der Waals surface area contributed by atoms with Crippen molar-refractivity contribution < 1.29 is 13.5 Å². The molecule has 5 heteroatoms. The van der Waals surface area contributed by atoms with E-state index in [0.717, 1.165) is 6.42 Å². The van der Waals surface area contributed by atoms with Gasteiger partial charge in [-0.25, -0.2) is 8.42 Å². The van der Waals surface area contributed by atoms with Gasteiger partial charge in [0.05, 0.1) is 17.6 Å². The lowest BCUT2D eigenvalue weighted by atomic mass is 10.2. The van der Waals surface area contributed by atoms with Crippen molar-refractivity contribution >= 4 is 9.84 Å². The largest absolute Gasteiger partial charge is 0.391 e. The fourth-order valence-corrected chi connectivity index (χ4v) is 2.94. The van der Waals surface area contributed by atoms with Gasteiger partial charge in [0.25, 0.3) is 0 Å². The normalized spacial score (nSPS) is 16.9. The van der Waals surface area contributed by atoms with Crippen molar-refractivity contribution in [3.63, 3.8) is 0 Å². The van der Waals surface area contributed by atoms with Gasteiger partial charge in [-0.15, -0.1) is 0 Å². The summed E-state index contributed by atoms with van der Waals surface area (Å²) in [4.78, 5) is 0. The fraction of sp³-hybridized carbons (Fsp3) is 1.00. The smallest absolute Gasteiger partial charge is 0.153 e. The highest BCUT2D eigenvalue weighted by Crippen LogP contribution is 2.06. The molecule has 0 spiro atoms. The summed E-state index contributed by atoms with van der Waals surface area (Å²) in [6.45, 7) is 3.83. The van der Waals surface area contributed by atoms with Crippen LogP contribution in [0.25, 0.3) is 0 Å². The molecule has 0 amide bonds. The highest BCUT2D eigenvalue weighted by atomic mass is 32.2. The maximum atomic E-state index is 11.4. The molecule has 0 heterocycles. The predicted molar refractivity (Wildman–Crippen MR) is 53.2 cm³/mol. The summed E-state index contributed by atoms with van der Waals surface area (Å²) in [5, 5.41) is 9.07. The Kier molecular flexibility index (Phi) is 5.51. The average Bonchev–Trinajstić information content (AvgIpc) is 2.02. The number of aliphatic hydroxyl groups is 1. The number of aliphatic hydroxyl groups excluding tert-OH is 1. The summed E-state index contributed by atoms with van der Waals surface area (Å²) < 4.78 is 22.7. The van der Waals surface area contributed by atoms with Gasteiger partial charge in [0, 0.05) is 6.54 Å². The molecule has 0 saturated carbocycles. The molecule has 0 radical (unpaired) electrons. The molecule has 0 aromatic rings. The summed E-state index contributed by atoms with van der Waals surface area (Å²) in [7, 11) is -3.13. The van der Waals surface area contributed by atoms with Crippen LogP contribution in [0.1, 0.15) is 20.3 Å². The second-order valence-electron chi connectivity index (χ2n) is 3.48. The summed E-state index contributed by atoms with van der Waals surface area (Å²) in [5.74, 6) is 0.0731. The molecule has 2 unspecified atom stereocenters. The first-order valence-corrected chi connectivity index (χ1v) is 6.32. The van der Waals surface area contributed by atoms with Crippen molar-refractivity contribution in [2.75, 3.05) is 18.1 Å². The molecule has 4 nitrogen and oxygen atoms in total. The maximum Gasteiger partial charge on any atom is 0.153 e. The Hall–Kier alpha value is -0.130. The molecule has 13 heavy (non-hydrogen) atoms. The van der Waals surface area contributed by atoms with E-state index in [1.54, 1.807) is 0 Å². The fourth-order valence-electron chi connectivity index (χ4n) is 0.981. The van der Waals surface area contributed by atoms with Gasteiger partial charge in [0.2, 0.25) is 0 Å². The van der Waals surface area contributed by atoms with Gasteiger partial charge >= 0.3 is 0 Å². The van der Waals surface area contributed by atoms with Crippen LogP contribution in [0.3, 0.4) is 0 Å². The third-order valence-electron chi connectivity index (χ3n) is 1.95. The highest BCUT2D eigenvalue weighted by molar-refractivity contribution is 7.91. The number of rotatable bonds is 6. The van der Waals surface area contributed by atoms with E-state index in [4.69, 9.17) is 10.8 Å². The summed E-state index contributed by atoms with van der Waals surface area (Å²) in [6, 6.07) is 0. The van der Waals surface area contributed by atoms with E-state index in [-0.39, 0.29) is 24.0 Å². The van der Waals surface area contributed by atoms with Gasteiger partial charge in [-0.1, -0.05) is 20.3 Å². The third-order valence-corrected chi connectivity index (χ3v) is 3.92. The molecule has 80 valence electrons. The minimum Gasteiger partial charge on any atom is -0.391 e. The standard InChI is InChI=1S/C8H19NO3S/c1-3-7(2)5-13(11,12)6-8(10)4-9/h7-8,10H,3-6,9H2,1-2H3. The van der Waals surface area contributed by atoms with Gasteiger partial charge in [-0.05, 0) is 5.92 Å². The Morgan fingerprint density at radius 3 is 2.31 bits per heavy atom. The van der Waals surface area contributed by atoms with Crippen LogP contribution >= 0.6 is 0 Å². The van der Waals surface area contributed by atoms with Gasteiger partial charge in [0.1, 0.15) is 0 Å². The quantitative estimate of drug-likeness (QED) is 0.633. The lowest BCUT2D eigenvalue weighted by Gasteiger charge is -2.11. The lowest BCUT2D eigenvalue weighted by molar-refractivity contribution is 0.205. The van der Waals surface area contributed by atoms with Crippen LogP contribution in [0.5, 0.6) is 0 Å². The topological polar surface area (TPSA) is 80.4 Å². The maximum absolute atomic E-state index is 11.4. The molecular formula is C8H19NO3S. The Bertz CT molecular complexity index is 208. The number of sulfone groups is 1. The van der Waals surface area contributed by atoms with Gasteiger partial charge in [-0.2, -0.15) is 0 Å². The van der Waals surface area contributed by atoms with Crippen LogP contribution in [0.15, 0.2) is 0 Å². The molecule has 0 rings (SSSR count). The average molecular weight is 209 g/mol. The van der Waals surface area contributed by atoms with E-state index in [1.165, 1.54) is 0 Å². The summed E-state index contributed by atoms with van der Waals surface area (Å²) in [5.41, 5.74) is 5.13. The van der Waals surface area contributed by atoms with E-state index in [9.17, 15) is 8.42 Å². The summed E-state index contributed by atoms with van der Waals surface area (Å²) >= 11 is 0. The zero-order valence-corrected chi connectivity index (χ0v) is 9.05. The second-order valence-corrected chi connectivity index (χ2v) is 5.63. The molecule has 0 saturated heterocycles. The monoisotopic (exact) mass is 209 g/mol. The lowest BCUT2D eigenvalue weighted by Crippen LogP contribution is -2.30. The predicted octanol–water partition coefficient (Wildman–Crippen LogP) is -0.233. The van der Waals surface area contributed by atoms with Crippen LogP contribution in [-0.2, 0) is 9.84 Å². The van der Waals surface area contributed by atoms with Crippen LogP contribution < -0.4 is 5.73 Å². The molecule has 0 aliphatic rings. The number of hydrogen-bond acceptors (Lipinski definition) is 4. The molecule has 0 aromatic heterocycles. The van der Waals surface area contributed by atoms with E-state index in [2.05, 4.69) is 0 Å². The molecule has 0 fully saturated rings. The SMILES string of the molecule is CCC(C)CS(=O)(=O)CC(O)CN. The Morgan fingerprint density at radius 1 is 1.38 bits per heavy atom. The van der Waals surface area contributed by atoms with Crippen molar-refractivity contribution in [3.05, 3.63) is 0 Å². The number of nitrogens with two attached hydrogens (primary N) is 1. The van der Waals surface area contributed by atoms with Crippen molar-refractivity contribution in [2.45, 2.75) is 26.4 Å². The highest BCUT2D eigenvalue weighted by Gasteiger charge is 2.18. The molecular weight excluding hydrogens is 190 g/mol. The van der Waals surface area contributed by atoms with Crippen LogP contribution in [0, 0.1) is 5.92 Å². The van der Waals surface area contributed by atoms with Crippen molar-refractivity contribution in [1.29, 1.82) is 0 Å². The van der Waals surface area contributed by atoms with Crippen molar-refractivity contribution in [2.24, 2.45) is 11.7 Å². The zero-order chi connectivity index (χ0) is 10.5. The minimum atomic E-state index is -3.13. The van der Waals surface area contributed by atoms with Crippen LogP contribution in [0.4, 0.5) is 0 Å². The Labute approximate surface area is 80.1 Å². The first-order chi connectivity index (χ1) is 5.91. The third kappa shape index (κ3) is 6.01. The molecule has 0 aromatic carbocycles. The van der Waals surface area contributed by atoms with Gasteiger partial charge < -0.3 is 10.8 Å². The zero-order valence-electron chi connectivity index (χ0n) is 8.23. The second kappa shape index (κ2) is 5.57. The van der Waals surface area contributed by atoms with Gasteiger partial charge in [-0.3, -0.25) is 0 Å². The van der Waals surface area contributed by atoms with Crippen LogP contribution in [0.2, 0.25) is 0 Å². The van der Waals surface area contributed by atoms with E-state index < -0.39 is 15.9 Å². The van der Waals surface area contributed by atoms with E-state index >= 15 is 0 Å². The Balaban J connectivity index is 4.09. The van der Waals surface area contributed by atoms with Crippen molar-refractivity contribution in [1.82, 2.24) is 0 Å². The molecule has 0 aliphatic carbocycles. The molecule has 3 N–H and O–H groups in total. The van der Waals surface area contributed by atoms with Crippen molar-refractivity contribution in [3.8, 4) is 0 Å². The van der Waals surface area contributed by atoms with E-state index in [0.29, 0.717) is 0 Å². The molecule has 0 bridgehead atoms. The van der Waals surface area contributed by atoms with Crippen LogP contribution in [-0.4, -0.2) is 37.7 Å². The van der Waals surface area contributed by atoms with E-state index in [1.807, 2.05) is 13.8 Å². The molecule has 2 atom stereocenters.